The summed E-state index contributed by atoms with van der Waals surface area (Å²) in [6, 6.07) is 9.42. The summed E-state index contributed by atoms with van der Waals surface area (Å²) >= 11 is 0. The van der Waals surface area contributed by atoms with E-state index in [-0.39, 0.29) is 11.8 Å². The third kappa shape index (κ3) is 4.83. The van der Waals surface area contributed by atoms with Gasteiger partial charge in [-0.25, -0.2) is 9.37 Å². The number of aromatic nitrogens is 3. The van der Waals surface area contributed by atoms with E-state index in [0.717, 1.165) is 17.1 Å². The summed E-state index contributed by atoms with van der Waals surface area (Å²) in [7, 11) is 1.65. The number of likely N-dealkylation sites (tertiary alicyclic amines) is 1. The molecular formula is C27H30FN7O2. The Morgan fingerprint density at radius 1 is 1.03 bits per heavy atom. The minimum absolute atomic E-state index is 0.124. The zero-order valence-corrected chi connectivity index (χ0v) is 21.3. The second kappa shape index (κ2) is 9.76. The summed E-state index contributed by atoms with van der Waals surface area (Å²) in [6.45, 7) is 5.09. The minimum Gasteiger partial charge on any atom is -0.338 e. The third-order valence-corrected chi connectivity index (χ3v) is 7.04. The molecule has 0 atom stereocenters. The second-order valence-corrected chi connectivity index (χ2v) is 9.64. The van der Waals surface area contributed by atoms with Gasteiger partial charge in [-0.1, -0.05) is 0 Å². The van der Waals surface area contributed by atoms with Crippen LogP contribution in [0, 0.1) is 0 Å². The maximum atomic E-state index is 14.3. The van der Waals surface area contributed by atoms with Gasteiger partial charge in [-0.2, -0.15) is 0 Å². The molecule has 10 heteroatoms. The van der Waals surface area contributed by atoms with E-state index < -0.39 is 5.67 Å². The van der Waals surface area contributed by atoms with Gasteiger partial charge in [0.15, 0.2) is 5.82 Å². The monoisotopic (exact) mass is 503 g/mol. The first-order chi connectivity index (χ1) is 17.8. The molecule has 1 saturated heterocycles. The zero-order valence-electron chi connectivity index (χ0n) is 21.3. The van der Waals surface area contributed by atoms with Gasteiger partial charge in [0.05, 0.1) is 23.1 Å². The van der Waals surface area contributed by atoms with Gasteiger partial charge < -0.3 is 14.7 Å². The molecule has 5 rings (SSSR count). The van der Waals surface area contributed by atoms with Crippen molar-refractivity contribution in [2.24, 2.45) is 4.99 Å². The lowest BCUT2D eigenvalue weighted by Crippen LogP contribution is -2.43. The number of carbonyl (C=O) groups is 2. The average molecular weight is 504 g/mol. The molecule has 0 bridgehead atoms. The number of pyridine rings is 3. The molecule has 0 aliphatic carbocycles. The average Bonchev–Trinajstić information content (AvgIpc) is 2.91. The summed E-state index contributed by atoms with van der Waals surface area (Å²) in [6.07, 6.45) is 7.45. The molecule has 3 aromatic heterocycles. The number of hydrogen-bond acceptors (Lipinski definition) is 7. The fourth-order valence-electron chi connectivity index (χ4n) is 4.87. The van der Waals surface area contributed by atoms with Gasteiger partial charge in [0, 0.05) is 70.5 Å². The van der Waals surface area contributed by atoms with E-state index >= 15 is 0 Å². The third-order valence-electron chi connectivity index (χ3n) is 7.04. The minimum atomic E-state index is -1.23. The van der Waals surface area contributed by atoms with Crippen LogP contribution in [0.3, 0.4) is 0 Å². The van der Waals surface area contributed by atoms with Crippen molar-refractivity contribution in [2.45, 2.75) is 32.4 Å². The highest BCUT2D eigenvalue weighted by Crippen LogP contribution is 2.40. The van der Waals surface area contributed by atoms with E-state index in [1.807, 2.05) is 30.3 Å². The van der Waals surface area contributed by atoms with Crippen molar-refractivity contribution in [3.05, 3.63) is 66.2 Å². The highest BCUT2D eigenvalue weighted by molar-refractivity contribution is 5.97. The molecule has 0 aromatic carbocycles. The lowest BCUT2D eigenvalue weighted by Gasteiger charge is -2.38. The molecule has 0 radical (unpaired) electrons. The van der Waals surface area contributed by atoms with Crippen LogP contribution in [0.1, 0.15) is 41.8 Å². The Balaban J connectivity index is 1.55. The SMILES string of the molecule is C/N=c1/cc(N2CCN(c3cccnc3)c3cc(C(=O)N4CCC(C)(F)CC4)cnc32)ccn1C(C)=O. The zero-order chi connectivity index (χ0) is 26.2. The van der Waals surface area contributed by atoms with Gasteiger partial charge >= 0.3 is 0 Å². The van der Waals surface area contributed by atoms with Crippen LogP contribution in [0.5, 0.6) is 0 Å². The Hall–Kier alpha value is -4.08. The molecule has 9 nitrogen and oxygen atoms in total. The number of carbonyl (C=O) groups excluding carboxylic acids is 2. The predicted molar refractivity (Wildman–Crippen MR) is 139 cm³/mol. The van der Waals surface area contributed by atoms with Gasteiger partial charge in [0.2, 0.25) is 5.91 Å². The van der Waals surface area contributed by atoms with Crippen molar-refractivity contribution < 1.29 is 14.0 Å². The lowest BCUT2D eigenvalue weighted by molar-refractivity contribution is 0.0503. The number of piperidine rings is 1. The highest BCUT2D eigenvalue weighted by atomic mass is 19.1. The van der Waals surface area contributed by atoms with Crippen molar-refractivity contribution in [3.8, 4) is 0 Å². The molecule has 0 N–H and O–H groups in total. The highest BCUT2D eigenvalue weighted by Gasteiger charge is 2.33. The first-order valence-corrected chi connectivity index (χ1v) is 12.4. The van der Waals surface area contributed by atoms with Crippen LogP contribution in [0.25, 0.3) is 0 Å². The summed E-state index contributed by atoms with van der Waals surface area (Å²) in [5, 5.41) is 0. The van der Waals surface area contributed by atoms with Crippen LogP contribution >= 0.6 is 0 Å². The van der Waals surface area contributed by atoms with Crippen molar-refractivity contribution in [3.63, 3.8) is 0 Å². The van der Waals surface area contributed by atoms with Gasteiger partial charge in [0.25, 0.3) is 5.91 Å². The molecule has 3 aromatic rings. The van der Waals surface area contributed by atoms with Crippen molar-refractivity contribution >= 4 is 34.7 Å². The molecule has 0 spiro atoms. The molecule has 0 saturated carbocycles. The molecule has 2 aliphatic rings. The Kier molecular flexibility index (Phi) is 6.49. The lowest BCUT2D eigenvalue weighted by atomic mass is 9.95. The number of amides is 1. The Bertz CT molecular complexity index is 1390. The van der Waals surface area contributed by atoms with E-state index in [0.29, 0.717) is 55.9 Å². The molecular weight excluding hydrogens is 473 g/mol. The van der Waals surface area contributed by atoms with Gasteiger partial charge in [-0.05, 0) is 44.0 Å². The summed E-state index contributed by atoms with van der Waals surface area (Å²) in [5.74, 6) is 0.411. The molecule has 1 fully saturated rings. The predicted octanol–water partition coefficient (Wildman–Crippen LogP) is 3.72. The summed E-state index contributed by atoms with van der Waals surface area (Å²) < 4.78 is 15.8. The fourth-order valence-corrected chi connectivity index (χ4v) is 4.87. The number of anilines is 4. The topological polar surface area (TPSA) is 86.9 Å². The largest absolute Gasteiger partial charge is 0.338 e. The summed E-state index contributed by atoms with van der Waals surface area (Å²) in [5.41, 5.74) is 2.28. The van der Waals surface area contributed by atoms with Gasteiger partial charge in [0.1, 0.15) is 11.2 Å². The van der Waals surface area contributed by atoms with Crippen LogP contribution < -0.4 is 15.3 Å². The first-order valence-electron chi connectivity index (χ1n) is 12.4. The maximum absolute atomic E-state index is 14.3. The van der Waals surface area contributed by atoms with E-state index in [4.69, 9.17) is 4.98 Å². The standard InChI is InChI=1S/C27H30FN7O2/c1-19(36)33-10-6-21(16-24(33)29-3)35-14-13-34(22-5-4-9-30-18-22)23-15-20(17-31-25(23)35)26(37)32-11-7-27(2,28)8-12-32/h4-6,9-10,15-18H,7-8,11-14H2,1-3H3/b29-24-. The molecule has 2 aliphatic heterocycles. The Morgan fingerprint density at radius 2 is 1.78 bits per heavy atom. The number of fused-ring (bicyclic) bond motifs is 1. The van der Waals surface area contributed by atoms with Crippen molar-refractivity contribution in [1.82, 2.24) is 19.4 Å². The quantitative estimate of drug-likeness (QED) is 0.542. The van der Waals surface area contributed by atoms with Crippen molar-refractivity contribution in [1.29, 1.82) is 0 Å². The Labute approximate surface area is 214 Å². The van der Waals surface area contributed by atoms with E-state index in [9.17, 15) is 14.0 Å². The van der Waals surface area contributed by atoms with E-state index in [1.54, 1.807) is 43.7 Å². The van der Waals surface area contributed by atoms with Gasteiger partial charge in [-0.3, -0.25) is 24.1 Å². The number of hydrogen-bond donors (Lipinski definition) is 0. The molecule has 192 valence electrons. The van der Waals surface area contributed by atoms with Crippen molar-refractivity contribution in [2.75, 3.05) is 43.0 Å². The van der Waals surface area contributed by atoms with Crippen LogP contribution in [0.15, 0.2) is 60.1 Å². The fraction of sp³-hybridized carbons (Fsp3) is 0.370. The molecule has 0 unspecified atom stereocenters. The number of alkyl halides is 1. The number of nitrogens with zero attached hydrogens (tertiary/aromatic N) is 7. The van der Waals surface area contributed by atoms with Crippen LogP contribution in [-0.2, 0) is 0 Å². The summed E-state index contributed by atoms with van der Waals surface area (Å²) in [4.78, 5) is 44.5. The maximum Gasteiger partial charge on any atom is 0.255 e. The normalized spacial score (nSPS) is 17.5. The van der Waals surface area contributed by atoms with Crippen LogP contribution in [0.2, 0.25) is 0 Å². The molecule has 5 heterocycles. The Morgan fingerprint density at radius 3 is 2.46 bits per heavy atom. The number of rotatable bonds is 3. The molecule has 37 heavy (non-hydrogen) atoms. The first kappa shape index (κ1) is 24.6. The second-order valence-electron chi connectivity index (χ2n) is 9.64. The van der Waals surface area contributed by atoms with E-state index in [1.165, 1.54) is 11.5 Å². The molecule has 1 amide bonds. The van der Waals surface area contributed by atoms with Crippen LogP contribution in [-0.4, -0.2) is 70.1 Å². The smallest absolute Gasteiger partial charge is 0.255 e. The van der Waals surface area contributed by atoms with Gasteiger partial charge in [-0.15, -0.1) is 0 Å². The van der Waals surface area contributed by atoms with E-state index in [2.05, 4.69) is 19.8 Å². The van der Waals surface area contributed by atoms with Crippen LogP contribution in [0.4, 0.5) is 27.3 Å². The number of halogens is 1.